The maximum atomic E-state index is 13.9. The number of nitrogens with zero attached hydrogens (tertiary/aromatic N) is 3. The SMILES string of the molecule is CCOC(=O)c1c(C(=O)N(C)c2c(C)noc2C)c2ccccc2n1Cc1ccc(Cl)c(Cl)c1. The Labute approximate surface area is 206 Å². The fraction of sp³-hybridized carbons (Fsp3) is 0.240. The standard InChI is InChI=1S/C25H23Cl2N3O4/c1-5-33-25(32)23-21(24(31)29(4)22-14(2)28-34-15(22)3)17-8-6-7-9-20(17)30(23)13-16-10-11-18(26)19(27)12-16/h6-12H,5,13H2,1-4H3. The molecule has 0 unspecified atom stereocenters. The highest BCUT2D eigenvalue weighted by Gasteiger charge is 2.32. The molecule has 0 radical (unpaired) electrons. The van der Waals surface area contributed by atoms with Crippen LogP contribution in [0.3, 0.4) is 0 Å². The van der Waals surface area contributed by atoms with Crippen molar-refractivity contribution < 1.29 is 18.8 Å². The van der Waals surface area contributed by atoms with Gasteiger partial charge in [-0.1, -0.05) is 52.6 Å². The molecule has 176 valence electrons. The second-order valence-electron chi connectivity index (χ2n) is 7.83. The van der Waals surface area contributed by atoms with Crippen LogP contribution in [0, 0.1) is 13.8 Å². The Hall–Kier alpha value is -3.29. The Bertz CT molecular complexity index is 1390. The molecule has 4 rings (SSSR count). The molecule has 4 aromatic rings. The third-order valence-corrected chi connectivity index (χ3v) is 6.35. The molecule has 0 N–H and O–H groups in total. The highest BCUT2D eigenvalue weighted by molar-refractivity contribution is 6.42. The lowest BCUT2D eigenvalue weighted by molar-refractivity contribution is 0.0511. The Morgan fingerprint density at radius 2 is 1.85 bits per heavy atom. The zero-order chi connectivity index (χ0) is 24.6. The fourth-order valence-corrected chi connectivity index (χ4v) is 4.46. The predicted octanol–water partition coefficient (Wildman–Crippen LogP) is 6.05. The van der Waals surface area contributed by atoms with Crippen LogP contribution in [0.4, 0.5) is 5.69 Å². The maximum Gasteiger partial charge on any atom is 0.355 e. The summed E-state index contributed by atoms with van der Waals surface area (Å²) in [5.74, 6) is -0.457. The molecule has 9 heteroatoms. The number of para-hydroxylation sites is 1. The van der Waals surface area contributed by atoms with Gasteiger partial charge in [-0.15, -0.1) is 0 Å². The van der Waals surface area contributed by atoms with Crippen LogP contribution in [0.25, 0.3) is 10.9 Å². The number of anilines is 1. The topological polar surface area (TPSA) is 77.6 Å². The van der Waals surface area contributed by atoms with Crippen molar-refractivity contribution in [2.75, 3.05) is 18.6 Å². The molecule has 0 spiro atoms. The molecule has 7 nitrogen and oxygen atoms in total. The summed E-state index contributed by atoms with van der Waals surface area (Å²) in [6.07, 6.45) is 0. The summed E-state index contributed by atoms with van der Waals surface area (Å²) in [5, 5.41) is 5.42. The molecule has 2 aromatic carbocycles. The second-order valence-corrected chi connectivity index (χ2v) is 8.65. The molecular formula is C25H23Cl2N3O4. The number of fused-ring (bicyclic) bond motifs is 1. The first kappa shape index (κ1) is 23.9. The van der Waals surface area contributed by atoms with E-state index in [0.717, 1.165) is 5.56 Å². The number of aromatic nitrogens is 2. The summed E-state index contributed by atoms with van der Waals surface area (Å²) < 4.78 is 12.4. The highest BCUT2D eigenvalue weighted by atomic mass is 35.5. The quantitative estimate of drug-likeness (QED) is 0.301. The average molecular weight is 500 g/mol. The van der Waals surface area contributed by atoms with Crippen LogP contribution in [-0.2, 0) is 11.3 Å². The van der Waals surface area contributed by atoms with Crippen molar-refractivity contribution in [1.82, 2.24) is 9.72 Å². The molecule has 0 aliphatic carbocycles. The minimum Gasteiger partial charge on any atom is -0.461 e. The van der Waals surface area contributed by atoms with Crippen molar-refractivity contribution >= 4 is 51.7 Å². The van der Waals surface area contributed by atoms with E-state index in [2.05, 4.69) is 5.16 Å². The molecule has 0 aliphatic heterocycles. The summed E-state index contributed by atoms with van der Waals surface area (Å²) in [5.41, 5.74) is 3.08. The van der Waals surface area contributed by atoms with Gasteiger partial charge in [0.25, 0.3) is 5.91 Å². The smallest absolute Gasteiger partial charge is 0.355 e. The van der Waals surface area contributed by atoms with Crippen molar-refractivity contribution in [3.05, 3.63) is 80.8 Å². The van der Waals surface area contributed by atoms with Gasteiger partial charge in [0, 0.05) is 24.5 Å². The molecule has 0 saturated carbocycles. The highest BCUT2D eigenvalue weighted by Crippen LogP contribution is 2.32. The summed E-state index contributed by atoms with van der Waals surface area (Å²) in [6, 6.07) is 12.6. The molecule has 0 atom stereocenters. The van der Waals surface area contributed by atoms with E-state index in [0.29, 0.717) is 38.1 Å². The van der Waals surface area contributed by atoms with Crippen molar-refractivity contribution in [1.29, 1.82) is 0 Å². The van der Waals surface area contributed by atoms with E-state index in [1.165, 1.54) is 4.90 Å². The van der Waals surface area contributed by atoms with E-state index in [-0.39, 0.29) is 30.3 Å². The van der Waals surface area contributed by atoms with Crippen LogP contribution in [0.5, 0.6) is 0 Å². The van der Waals surface area contributed by atoms with E-state index in [4.69, 9.17) is 32.5 Å². The number of halogens is 2. The van der Waals surface area contributed by atoms with Gasteiger partial charge in [-0.05, 0) is 44.5 Å². The van der Waals surface area contributed by atoms with Crippen LogP contribution in [-0.4, -0.2) is 35.3 Å². The predicted molar refractivity (Wildman–Crippen MR) is 132 cm³/mol. The van der Waals surface area contributed by atoms with Gasteiger partial charge in [0.15, 0.2) is 5.76 Å². The zero-order valence-corrected chi connectivity index (χ0v) is 20.7. The summed E-state index contributed by atoms with van der Waals surface area (Å²) in [4.78, 5) is 28.5. The van der Waals surface area contributed by atoms with Gasteiger partial charge in [0.05, 0.1) is 22.2 Å². The van der Waals surface area contributed by atoms with Gasteiger partial charge in [-0.3, -0.25) is 4.79 Å². The molecule has 0 bridgehead atoms. The second kappa shape index (κ2) is 9.52. The van der Waals surface area contributed by atoms with Gasteiger partial charge in [-0.25, -0.2) is 4.79 Å². The van der Waals surface area contributed by atoms with Crippen molar-refractivity contribution in [2.45, 2.75) is 27.3 Å². The third-order valence-electron chi connectivity index (χ3n) is 5.61. The van der Waals surface area contributed by atoms with Gasteiger partial charge in [-0.2, -0.15) is 0 Å². The Morgan fingerprint density at radius 1 is 1.12 bits per heavy atom. The number of ether oxygens (including phenoxy) is 1. The van der Waals surface area contributed by atoms with Crippen molar-refractivity contribution in [3.63, 3.8) is 0 Å². The van der Waals surface area contributed by atoms with Crippen molar-refractivity contribution in [2.24, 2.45) is 0 Å². The zero-order valence-electron chi connectivity index (χ0n) is 19.2. The first-order valence-corrected chi connectivity index (χ1v) is 11.4. The van der Waals surface area contributed by atoms with Crippen LogP contribution < -0.4 is 4.90 Å². The van der Waals surface area contributed by atoms with Crippen molar-refractivity contribution in [3.8, 4) is 0 Å². The molecular weight excluding hydrogens is 477 g/mol. The number of hydrogen-bond acceptors (Lipinski definition) is 5. The number of carbonyl (C=O) groups is 2. The number of aryl methyl sites for hydroxylation is 2. The fourth-order valence-electron chi connectivity index (χ4n) is 4.14. The number of hydrogen-bond donors (Lipinski definition) is 0. The minimum absolute atomic E-state index is 0.165. The van der Waals surface area contributed by atoms with Gasteiger partial charge >= 0.3 is 5.97 Å². The molecule has 1 amide bonds. The van der Waals surface area contributed by atoms with E-state index in [1.54, 1.807) is 44.5 Å². The first-order chi connectivity index (χ1) is 16.2. The third kappa shape index (κ3) is 4.17. The monoisotopic (exact) mass is 499 g/mol. The average Bonchev–Trinajstić information content (AvgIpc) is 3.32. The first-order valence-electron chi connectivity index (χ1n) is 10.7. The lowest BCUT2D eigenvalue weighted by atomic mass is 10.1. The lowest BCUT2D eigenvalue weighted by Gasteiger charge is -2.18. The molecule has 0 saturated heterocycles. The molecule has 0 aliphatic rings. The number of rotatable bonds is 6. The number of esters is 1. The molecule has 2 heterocycles. The minimum atomic E-state index is -0.589. The molecule has 34 heavy (non-hydrogen) atoms. The van der Waals surface area contributed by atoms with Crippen LogP contribution in [0.2, 0.25) is 10.0 Å². The Kier molecular flexibility index (Phi) is 6.68. The Balaban J connectivity index is 1.94. The van der Waals surface area contributed by atoms with E-state index >= 15 is 0 Å². The van der Waals surface area contributed by atoms with E-state index in [9.17, 15) is 9.59 Å². The number of carbonyl (C=O) groups excluding carboxylic acids is 2. The number of amides is 1. The van der Waals surface area contributed by atoms with Gasteiger partial charge in [0.1, 0.15) is 17.1 Å². The summed E-state index contributed by atoms with van der Waals surface area (Å²) in [6.45, 7) is 5.67. The van der Waals surface area contributed by atoms with Gasteiger partial charge < -0.3 is 18.7 Å². The largest absolute Gasteiger partial charge is 0.461 e. The Morgan fingerprint density at radius 3 is 2.50 bits per heavy atom. The molecule has 2 aromatic heterocycles. The lowest BCUT2D eigenvalue weighted by Crippen LogP contribution is -2.29. The normalized spacial score (nSPS) is 11.1. The van der Waals surface area contributed by atoms with E-state index < -0.39 is 5.97 Å². The van der Waals surface area contributed by atoms with Gasteiger partial charge in [0.2, 0.25) is 0 Å². The molecule has 0 fully saturated rings. The maximum absolute atomic E-state index is 13.9. The van der Waals surface area contributed by atoms with Crippen LogP contribution in [0.1, 0.15) is 44.8 Å². The number of benzene rings is 2. The van der Waals surface area contributed by atoms with Crippen LogP contribution >= 0.6 is 23.2 Å². The van der Waals surface area contributed by atoms with E-state index in [1.807, 2.05) is 30.3 Å². The summed E-state index contributed by atoms with van der Waals surface area (Å²) >= 11 is 12.3. The van der Waals surface area contributed by atoms with Crippen LogP contribution in [0.15, 0.2) is 47.0 Å². The summed E-state index contributed by atoms with van der Waals surface area (Å²) in [7, 11) is 1.63.